The molecule has 0 aliphatic heterocycles. The van der Waals surface area contributed by atoms with E-state index in [2.05, 4.69) is 26.0 Å². The van der Waals surface area contributed by atoms with Crippen molar-refractivity contribution in [3.05, 3.63) is 28.2 Å². The van der Waals surface area contributed by atoms with Gasteiger partial charge in [-0.2, -0.15) is 0 Å². The van der Waals surface area contributed by atoms with Crippen molar-refractivity contribution in [3.8, 4) is 0 Å². The zero-order valence-electron chi connectivity index (χ0n) is 11.1. The molecule has 0 heterocycles. The highest BCUT2D eigenvalue weighted by atomic mass is 79.9. The molecule has 1 aromatic rings. The summed E-state index contributed by atoms with van der Waals surface area (Å²) in [6.45, 7) is 3.65. The second kappa shape index (κ2) is 6.56. The van der Waals surface area contributed by atoms with E-state index in [4.69, 9.17) is 5.73 Å². The van der Waals surface area contributed by atoms with E-state index in [1.807, 2.05) is 13.8 Å². The van der Waals surface area contributed by atoms with Gasteiger partial charge in [0, 0.05) is 10.2 Å². The number of anilines is 1. The third kappa shape index (κ3) is 3.96. The quantitative estimate of drug-likeness (QED) is 0.654. The van der Waals surface area contributed by atoms with E-state index < -0.39 is 17.9 Å². The van der Waals surface area contributed by atoms with Crippen LogP contribution in [0.2, 0.25) is 0 Å². The van der Waals surface area contributed by atoms with Crippen molar-refractivity contribution in [3.63, 3.8) is 0 Å². The first kappa shape index (κ1) is 15.5. The Labute approximate surface area is 120 Å². The predicted octanol–water partition coefficient (Wildman–Crippen LogP) is 1.96. The number of esters is 1. The van der Waals surface area contributed by atoms with Crippen LogP contribution < -0.4 is 11.1 Å². The van der Waals surface area contributed by atoms with Gasteiger partial charge in [0.25, 0.3) is 5.91 Å². The Morgan fingerprint density at radius 2 is 2.00 bits per heavy atom. The Bertz CT molecular complexity index is 489. The number of carbonyl (C=O) groups excluding carboxylic acids is 2. The van der Waals surface area contributed by atoms with Crippen molar-refractivity contribution in [1.29, 1.82) is 0 Å². The minimum atomic E-state index is -0.694. The Morgan fingerprint density at radius 3 is 2.47 bits per heavy atom. The fourth-order valence-electron chi connectivity index (χ4n) is 1.58. The molecule has 0 fully saturated rings. The molecule has 3 N–H and O–H groups in total. The fourth-order valence-corrected chi connectivity index (χ4v) is 1.96. The molecule has 19 heavy (non-hydrogen) atoms. The van der Waals surface area contributed by atoms with Crippen molar-refractivity contribution in [2.45, 2.75) is 19.9 Å². The number of methoxy groups -OCH3 is 1. The summed E-state index contributed by atoms with van der Waals surface area (Å²) in [5.74, 6) is -0.943. The summed E-state index contributed by atoms with van der Waals surface area (Å²) >= 11 is 3.27. The third-order valence-corrected chi connectivity index (χ3v) is 3.16. The van der Waals surface area contributed by atoms with Crippen LogP contribution in [0.15, 0.2) is 22.7 Å². The summed E-state index contributed by atoms with van der Waals surface area (Å²) in [5, 5.41) is 2.63. The lowest BCUT2D eigenvalue weighted by Gasteiger charge is -2.20. The number of benzene rings is 1. The maximum Gasteiger partial charge on any atom is 0.328 e. The molecule has 0 aliphatic rings. The minimum absolute atomic E-state index is 0.0759. The topological polar surface area (TPSA) is 81.4 Å². The van der Waals surface area contributed by atoms with E-state index in [-0.39, 0.29) is 5.92 Å². The maximum atomic E-state index is 12.1. The zero-order chi connectivity index (χ0) is 14.6. The second-order valence-electron chi connectivity index (χ2n) is 4.45. The Hall–Kier alpha value is -1.56. The van der Waals surface area contributed by atoms with Crippen LogP contribution in [0.1, 0.15) is 24.2 Å². The molecule has 1 rings (SSSR count). The molecular formula is C13H17BrN2O3. The molecule has 0 radical (unpaired) electrons. The molecule has 1 unspecified atom stereocenters. The average molecular weight is 329 g/mol. The SMILES string of the molecule is COC(=O)C(NC(=O)c1ccc(Br)cc1N)C(C)C. The van der Waals surface area contributed by atoms with Gasteiger partial charge < -0.3 is 15.8 Å². The summed E-state index contributed by atoms with van der Waals surface area (Å²) in [6, 6.07) is 4.26. The standard InChI is InChI=1S/C13H17BrN2O3/c1-7(2)11(13(18)19-3)16-12(17)9-5-4-8(14)6-10(9)15/h4-7,11H,15H2,1-3H3,(H,16,17). The van der Waals surface area contributed by atoms with Gasteiger partial charge in [0.15, 0.2) is 0 Å². The molecule has 0 aliphatic carbocycles. The highest BCUT2D eigenvalue weighted by Crippen LogP contribution is 2.19. The van der Waals surface area contributed by atoms with Gasteiger partial charge >= 0.3 is 5.97 Å². The number of ether oxygens (including phenoxy) is 1. The minimum Gasteiger partial charge on any atom is -0.467 e. The van der Waals surface area contributed by atoms with Crippen molar-refractivity contribution in [2.24, 2.45) is 5.92 Å². The van der Waals surface area contributed by atoms with Gasteiger partial charge in [-0.15, -0.1) is 0 Å². The van der Waals surface area contributed by atoms with Gasteiger partial charge in [-0.3, -0.25) is 4.79 Å². The van der Waals surface area contributed by atoms with Crippen LogP contribution in [0.3, 0.4) is 0 Å². The molecule has 1 atom stereocenters. The van der Waals surface area contributed by atoms with Crippen molar-refractivity contribution in [2.75, 3.05) is 12.8 Å². The first-order valence-electron chi connectivity index (χ1n) is 5.80. The van der Waals surface area contributed by atoms with Gasteiger partial charge in [0.1, 0.15) is 6.04 Å². The van der Waals surface area contributed by atoms with Gasteiger partial charge in [0.2, 0.25) is 0 Å². The highest BCUT2D eigenvalue weighted by Gasteiger charge is 2.25. The number of nitrogens with one attached hydrogen (secondary N) is 1. The Morgan fingerprint density at radius 1 is 1.37 bits per heavy atom. The second-order valence-corrected chi connectivity index (χ2v) is 5.37. The summed E-state index contributed by atoms with van der Waals surface area (Å²) in [5.41, 5.74) is 6.45. The number of nitrogen functional groups attached to an aromatic ring is 1. The van der Waals surface area contributed by atoms with Crippen LogP contribution in [-0.2, 0) is 9.53 Å². The molecule has 104 valence electrons. The molecule has 0 bridgehead atoms. The lowest BCUT2D eigenvalue weighted by molar-refractivity contribution is -0.144. The third-order valence-electron chi connectivity index (χ3n) is 2.67. The van der Waals surface area contributed by atoms with E-state index in [9.17, 15) is 9.59 Å². The van der Waals surface area contributed by atoms with Gasteiger partial charge in [-0.05, 0) is 24.1 Å². The number of rotatable bonds is 4. The smallest absolute Gasteiger partial charge is 0.328 e. The van der Waals surface area contributed by atoms with Crippen molar-refractivity contribution < 1.29 is 14.3 Å². The summed E-state index contributed by atoms with van der Waals surface area (Å²) in [4.78, 5) is 23.7. The summed E-state index contributed by atoms with van der Waals surface area (Å²) in [6.07, 6.45) is 0. The first-order valence-corrected chi connectivity index (χ1v) is 6.59. The van der Waals surface area contributed by atoms with Crippen LogP contribution in [0, 0.1) is 5.92 Å². The van der Waals surface area contributed by atoms with Crippen LogP contribution in [0.5, 0.6) is 0 Å². The van der Waals surface area contributed by atoms with E-state index >= 15 is 0 Å². The fraction of sp³-hybridized carbons (Fsp3) is 0.385. The van der Waals surface area contributed by atoms with Crippen molar-refractivity contribution >= 4 is 33.5 Å². The number of hydrogen-bond acceptors (Lipinski definition) is 4. The molecular weight excluding hydrogens is 312 g/mol. The first-order chi connectivity index (χ1) is 8.86. The maximum absolute atomic E-state index is 12.1. The van der Waals surface area contributed by atoms with E-state index in [0.29, 0.717) is 11.3 Å². The number of amides is 1. The molecule has 0 spiro atoms. The van der Waals surface area contributed by atoms with Crippen LogP contribution >= 0.6 is 15.9 Å². The average Bonchev–Trinajstić information content (AvgIpc) is 2.34. The molecule has 0 saturated heterocycles. The molecule has 0 aromatic heterocycles. The van der Waals surface area contributed by atoms with Crippen LogP contribution in [-0.4, -0.2) is 25.0 Å². The zero-order valence-corrected chi connectivity index (χ0v) is 12.7. The van der Waals surface area contributed by atoms with E-state index in [1.54, 1.807) is 18.2 Å². The molecule has 1 aromatic carbocycles. The monoisotopic (exact) mass is 328 g/mol. The Balaban J connectivity index is 2.91. The number of hydrogen-bond donors (Lipinski definition) is 2. The molecule has 5 nitrogen and oxygen atoms in total. The number of nitrogens with two attached hydrogens (primary N) is 1. The van der Waals surface area contributed by atoms with E-state index in [1.165, 1.54) is 7.11 Å². The van der Waals surface area contributed by atoms with Crippen molar-refractivity contribution in [1.82, 2.24) is 5.32 Å². The highest BCUT2D eigenvalue weighted by molar-refractivity contribution is 9.10. The summed E-state index contributed by atoms with van der Waals surface area (Å²) < 4.78 is 5.45. The Kier molecular flexibility index (Phi) is 5.35. The lowest BCUT2D eigenvalue weighted by atomic mass is 10.0. The normalized spacial score (nSPS) is 12.1. The van der Waals surface area contributed by atoms with Crippen LogP contribution in [0.25, 0.3) is 0 Å². The molecule has 6 heteroatoms. The van der Waals surface area contributed by atoms with Gasteiger partial charge in [-0.25, -0.2) is 4.79 Å². The lowest BCUT2D eigenvalue weighted by Crippen LogP contribution is -2.45. The molecule has 1 amide bonds. The van der Waals surface area contributed by atoms with Gasteiger partial charge in [0.05, 0.1) is 12.7 Å². The molecule has 0 saturated carbocycles. The van der Waals surface area contributed by atoms with Gasteiger partial charge in [-0.1, -0.05) is 29.8 Å². The largest absolute Gasteiger partial charge is 0.467 e. The van der Waals surface area contributed by atoms with E-state index in [0.717, 1.165) is 4.47 Å². The summed E-state index contributed by atoms with van der Waals surface area (Å²) in [7, 11) is 1.29. The van der Waals surface area contributed by atoms with Crippen LogP contribution in [0.4, 0.5) is 5.69 Å². The number of carbonyl (C=O) groups is 2. The predicted molar refractivity (Wildman–Crippen MR) is 76.7 cm³/mol. The number of halogens is 1.